The third-order valence-electron chi connectivity index (χ3n) is 6.20. The molecule has 2 aromatic rings. The minimum Gasteiger partial charge on any atom is -0.395 e. The fraction of sp³-hybridized carbons (Fsp3) is 0.391. The maximum atomic E-state index is 9.46. The Labute approximate surface area is 155 Å². The lowest BCUT2D eigenvalue weighted by atomic mass is 9.79. The smallest absolute Gasteiger partial charge is 0.0601 e. The van der Waals surface area contributed by atoms with E-state index in [-0.39, 0.29) is 12.6 Å². The second-order valence-electron chi connectivity index (χ2n) is 7.74. The van der Waals surface area contributed by atoms with Gasteiger partial charge in [-0.05, 0) is 65.3 Å². The topological polar surface area (TPSA) is 35.5 Å². The average molecular weight is 346 g/mol. The molecule has 3 heteroatoms. The Balaban J connectivity index is 1.53. The highest BCUT2D eigenvalue weighted by molar-refractivity contribution is 5.95. The van der Waals surface area contributed by atoms with Gasteiger partial charge in [0.25, 0.3) is 0 Å². The van der Waals surface area contributed by atoms with E-state index in [9.17, 15) is 5.11 Å². The highest BCUT2D eigenvalue weighted by Gasteiger charge is 2.22. The van der Waals surface area contributed by atoms with Crippen molar-refractivity contribution in [3.63, 3.8) is 0 Å². The predicted octanol–water partition coefficient (Wildman–Crippen LogP) is 3.66. The van der Waals surface area contributed by atoms with Crippen LogP contribution in [0.4, 0.5) is 5.69 Å². The van der Waals surface area contributed by atoms with Crippen LogP contribution in [0.15, 0.2) is 48.1 Å². The van der Waals surface area contributed by atoms with Gasteiger partial charge >= 0.3 is 0 Å². The third-order valence-corrected chi connectivity index (χ3v) is 6.20. The minimum atomic E-state index is 0.173. The Morgan fingerprint density at radius 3 is 3.00 bits per heavy atom. The number of anilines is 1. The molecule has 1 unspecified atom stereocenters. The maximum absolute atomic E-state index is 9.46. The maximum Gasteiger partial charge on any atom is 0.0601 e. The summed E-state index contributed by atoms with van der Waals surface area (Å²) in [6.45, 7) is 2.99. The first kappa shape index (κ1) is 16.1. The lowest BCUT2D eigenvalue weighted by Gasteiger charge is -2.34. The van der Waals surface area contributed by atoms with E-state index < -0.39 is 0 Å². The van der Waals surface area contributed by atoms with Crippen LogP contribution >= 0.6 is 0 Å². The van der Waals surface area contributed by atoms with Crippen molar-refractivity contribution in [3.8, 4) is 0 Å². The van der Waals surface area contributed by atoms with Crippen LogP contribution in [-0.2, 0) is 6.42 Å². The zero-order chi connectivity index (χ0) is 17.5. The van der Waals surface area contributed by atoms with Crippen molar-refractivity contribution >= 4 is 22.0 Å². The Morgan fingerprint density at radius 1 is 1.12 bits per heavy atom. The lowest BCUT2D eigenvalue weighted by Crippen LogP contribution is -2.52. The molecule has 0 spiro atoms. The Hall–Kier alpha value is -2.10. The molecule has 3 nitrogen and oxygen atoms in total. The van der Waals surface area contributed by atoms with E-state index in [1.807, 2.05) is 0 Å². The summed E-state index contributed by atoms with van der Waals surface area (Å²) in [5, 5.41) is 15.6. The first-order valence-corrected chi connectivity index (χ1v) is 9.87. The summed E-state index contributed by atoms with van der Waals surface area (Å²) in [7, 11) is 0. The van der Waals surface area contributed by atoms with Crippen LogP contribution in [-0.4, -0.2) is 37.4 Å². The molecule has 2 aromatic carbocycles. The predicted molar refractivity (Wildman–Crippen MR) is 109 cm³/mol. The first-order valence-electron chi connectivity index (χ1n) is 9.87. The Kier molecular flexibility index (Phi) is 4.07. The number of nitrogens with zero attached hydrogens (tertiary/aromatic N) is 1. The molecule has 0 radical (unpaired) electrons. The number of fused-ring (bicyclic) bond motifs is 4. The summed E-state index contributed by atoms with van der Waals surface area (Å²) in [4.78, 5) is 2.39. The quantitative estimate of drug-likeness (QED) is 0.871. The molecule has 1 atom stereocenters. The van der Waals surface area contributed by atoms with Crippen LogP contribution < -0.4 is 10.2 Å². The van der Waals surface area contributed by atoms with Crippen molar-refractivity contribution in [2.24, 2.45) is 0 Å². The fourth-order valence-electron chi connectivity index (χ4n) is 4.81. The SMILES string of the molecule is OCC1CN(c2ccc3c4c(ccc3c2)C2=C(CCC=C2)CC4)CCN1. The van der Waals surface area contributed by atoms with E-state index in [4.69, 9.17) is 0 Å². The number of allylic oxidation sites excluding steroid dienone is 4. The van der Waals surface area contributed by atoms with Gasteiger partial charge in [-0.15, -0.1) is 0 Å². The van der Waals surface area contributed by atoms with Crippen LogP contribution in [0.2, 0.25) is 0 Å². The van der Waals surface area contributed by atoms with E-state index in [0.717, 1.165) is 19.6 Å². The number of nitrogens with one attached hydrogen (secondary N) is 1. The number of hydrogen-bond donors (Lipinski definition) is 2. The zero-order valence-electron chi connectivity index (χ0n) is 15.2. The highest BCUT2D eigenvalue weighted by Crippen LogP contribution is 2.40. The first-order chi connectivity index (χ1) is 12.8. The largest absolute Gasteiger partial charge is 0.395 e. The van der Waals surface area contributed by atoms with Crippen molar-refractivity contribution in [2.45, 2.75) is 31.7 Å². The highest BCUT2D eigenvalue weighted by atomic mass is 16.3. The summed E-state index contributed by atoms with van der Waals surface area (Å²) < 4.78 is 0. The number of rotatable bonds is 2. The molecule has 1 aliphatic heterocycles. The van der Waals surface area contributed by atoms with Gasteiger partial charge in [0.15, 0.2) is 0 Å². The summed E-state index contributed by atoms with van der Waals surface area (Å²) >= 11 is 0. The van der Waals surface area contributed by atoms with E-state index >= 15 is 0 Å². The van der Waals surface area contributed by atoms with E-state index in [0.29, 0.717) is 0 Å². The van der Waals surface area contributed by atoms with Crippen LogP contribution in [0, 0.1) is 0 Å². The molecule has 2 N–H and O–H groups in total. The normalized spacial score (nSPS) is 22.5. The van der Waals surface area contributed by atoms with Gasteiger partial charge < -0.3 is 15.3 Å². The number of aliphatic hydroxyl groups excluding tert-OH is 1. The zero-order valence-corrected chi connectivity index (χ0v) is 15.2. The summed E-state index contributed by atoms with van der Waals surface area (Å²) in [5.41, 5.74) is 7.37. The van der Waals surface area contributed by atoms with Gasteiger partial charge in [-0.3, -0.25) is 0 Å². The van der Waals surface area contributed by atoms with Crippen molar-refractivity contribution in [2.75, 3.05) is 31.1 Å². The number of hydrogen-bond acceptors (Lipinski definition) is 3. The van der Waals surface area contributed by atoms with E-state index in [1.165, 1.54) is 58.8 Å². The molecule has 26 heavy (non-hydrogen) atoms. The molecule has 134 valence electrons. The molecule has 0 saturated carbocycles. The summed E-state index contributed by atoms with van der Waals surface area (Å²) in [6.07, 6.45) is 9.47. The van der Waals surface area contributed by atoms with Crippen LogP contribution in [0.3, 0.4) is 0 Å². The molecule has 0 aromatic heterocycles. The lowest BCUT2D eigenvalue weighted by molar-refractivity contribution is 0.236. The molecule has 1 saturated heterocycles. The standard InChI is InChI=1S/C23H26N2O/c26-15-18-14-25(12-11-24-18)19-7-10-21-17(13-19)6-9-22-20-4-2-1-3-16(20)5-8-23(21)22/h2,4,6-7,9-10,13,18,24,26H,1,3,5,8,11-12,14-15H2. The monoisotopic (exact) mass is 346 g/mol. The molecular formula is C23H26N2O. The number of piperazine rings is 1. The van der Waals surface area contributed by atoms with Gasteiger partial charge in [0.1, 0.15) is 0 Å². The van der Waals surface area contributed by atoms with Gasteiger partial charge in [-0.1, -0.05) is 35.9 Å². The van der Waals surface area contributed by atoms with Gasteiger partial charge in [0, 0.05) is 31.4 Å². The molecule has 5 rings (SSSR count). The molecule has 1 heterocycles. The van der Waals surface area contributed by atoms with Gasteiger partial charge in [0.05, 0.1) is 6.61 Å². The van der Waals surface area contributed by atoms with Crippen LogP contribution in [0.25, 0.3) is 16.3 Å². The third kappa shape index (κ3) is 2.67. The average Bonchev–Trinajstić information content (AvgIpc) is 2.73. The van der Waals surface area contributed by atoms with E-state index in [2.05, 4.69) is 52.7 Å². The second-order valence-corrected chi connectivity index (χ2v) is 7.74. The molecule has 3 aliphatic rings. The van der Waals surface area contributed by atoms with Crippen LogP contribution in [0.5, 0.6) is 0 Å². The van der Waals surface area contributed by atoms with Crippen molar-refractivity contribution in [3.05, 3.63) is 59.2 Å². The fourth-order valence-corrected chi connectivity index (χ4v) is 4.81. The van der Waals surface area contributed by atoms with Gasteiger partial charge in [-0.2, -0.15) is 0 Å². The van der Waals surface area contributed by atoms with Gasteiger partial charge in [0.2, 0.25) is 0 Å². The van der Waals surface area contributed by atoms with Gasteiger partial charge in [-0.25, -0.2) is 0 Å². The number of aliphatic hydroxyl groups is 1. The molecule has 0 amide bonds. The molecule has 1 fully saturated rings. The minimum absolute atomic E-state index is 0.173. The number of aryl methyl sites for hydroxylation is 1. The molecule has 2 aliphatic carbocycles. The van der Waals surface area contributed by atoms with E-state index in [1.54, 1.807) is 5.57 Å². The Bertz CT molecular complexity index is 912. The number of benzene rings is 2. The summed E-state index contributed by atoms with van der Waals surface area (Å²) in [6, 6.07) is 11.7. The molecule has 0 bridgehead atoms. The van der Waals surface area contributed by atoms with Crippen molar-refractivity contribution in [1.82, 2.24) is 5.32 Å². The van der Waals surface area contributed by atoms with Crippen LogP contribution in [0.1, 0.15) is 30.4 Å². The van der Waals surface area contributed by atoms with Crippen molar-refractivity contribution in [1.29, 1.82) is 0 Å². The Morgan fingerprint density at radius 2 is 2.08 bits per heavy atom. The van der Waals surface area contributed by atoms with Crippen molar-refractivity contribution < 1.29 is 5.11 Å². The summed E-state index contributed by atoms with van der Waals surface area (Å²) in [5.74, 6) is 0. The second kappa shape index (κ2) is 6.57. The molecular weight excluding hydrogens is 320 g/mol.